The smallest absolute Gasteiger partial charge is 0.220 e. The Hall–Kier alpha value is -1.87. The van der Waals surface area contributed by atoms with Crippen molar-refractivity contribution in [3.05, 3.63) is 70.5 Å². The Kier molecular flexibility index (Phi) is 5.13. The molecule has 4 heteroatoms. The maximum Gasteiger partial charge on any atom is 0.220 e. The lowest BCUT2D eigenvalue weighted by molar-refractivity contribution is -0.121. The topological polar surface area (TPSA) is 29.1 Å². The van der Waals surface area contributed by atoms with Crippen molar-refractivity contribution in [3.8, 4) is 0 Å². The Morgan fingerprint density at radius 1 is 1.10 bits per heavy atom. The van der Waals surface area contributed by atoms with E-state index in [1.54, 1.807) is 12.1 Å². The summed E-state index contributed by atoms with van der Waals surface area (Å²) in [5.41, 5.74) is 1.84. The van der Waals surface area contributed by atoms with Crippen molar-refractivity contribution in [2.24, 2.45) is 0 Å². The molecule has 1 amide bonds. The molecule has 2 nitrogen and oxygen atoms in total. The van der Waals surface area contributed by atoms with E-state index in [4.69, 9.17) is 11.6 Å². The first-order valence-electron chi connectivity index (χ1n) is 6.40. The number of benzene rings is 2. The van der Waals surface area contributed by atoms with Crippen LogP contribution in [-0.4, -0.2) is 5.91 Å². The van der Waals surface area contributed by atoms with E-state index in [1.165, 1.54) is 12.1 Å². The van der Waals surface area contributed by atoms with Gasteiger partial charge in [0.25, 0.3) is 0 Å². The van der Waals surface area contributed by atoms with Crippen LogP contribution in [0.4, 0.5) is 4.39 Å². The fourth-order valence-corrected chi connectivity index (χ4v) is 2.07. The number of carbonyl (C=O) groups excluding carboxylic acids is 1. The van der Waals surface area contributed by atoms with Crippen LogP contribution < -0.4 is 5.32 Å². The highest BCUT2D eigenvalue weighted by Gasteiger charge is 2.04. The fraction of sp³-hybridized carbons (Fsp3) is 0.188. The molecule has 0 aliphatic carbocycles. The first-order valence-corrected chi connectivity index (χ1v) is 6.77. The zero-order valence-corrected chi connectivity index (χ0v) is 11.7. The van der Waals surface area contributed by atoms with Gasteiger partial charge in [-0.1, -0.05) is 41.9 Å². The summed E-state index contributed by atoms with van der Waals surface area (Å²) in [5.74, 6) is -0.326. The van der Waals surface area contributed by atoms with Crippen LogP contribution in [0.3, 0.4) is 0 Å². The minimum atomic E-state index is -0.279. The van der Waals surface area contributed by atoms with Gasteiger partial charge in [0.2, 0.25) is 5.91 Å². The number of rotatable bonds is 5. The summed E-state index contributed by atoms with van der Waals surface area (Å²) < 4.78 is 12.7. The average Bonchev–Trinajstić information content (AvgIpc) is 2.46. The molecule has 104 valence electrons. The second-order valence-electron chi connectivity index (χ2n) is 4.49. The zero-order valence-electron chi connectivity index (χ0n) is 10.9. The van der Waals surface area contributed by atoms with E-state index in [0.717, 1.165) is 11.1 Å². The summed E-state index contributed by atoms with van der Waals surface area (Å²) in [4.78, 5) is 11.7. The third kappa shape index (κ3) is 4.35. The molecule has 2 rings (SSSR count). The van der Waals surface area contributed by atoms with Gasteiger partial charge >= 0.3 is 0 Å². The molecule has 0 radical (unpaired) electrons. The van der Waals surface area contributed by atoms with Crippen molar-refractivity contribution in [1.82, 2.24) is 5.32 Å². The number of carbonyl (C=O) groups is 1. The van der Waals surface area contributed by atoms with Crippen LogP contribution in [0.2, 0.25) is 5.02 Å². The summed E-state index contributed by atoms with van der Waals surface area (Å²) >= 11 is 6.03. The van der Waals surface area contributed by atoms with Crippen molar-refractivity contribution in [1.29, 1.82) is 0 Å². The first-order chi connectivity index (χ1) is 9.65. The molecule has 20 heavy (non-hydrogen) atoms. The maximum atomic E-state index is 12.7. The Balaban J connectivity index is 1.78. The minimum Gasteiger partial charge on any atom is -0.352 e. The van der Waals surface area contributed by atoms with E-state index in [9.17, 15) is 9.18 Å². The molecular weight excluding hydrogens is 277 g/mol. The van der Waals surface area contributed by atoms with Crippen LogP contribution in [-0.2, 0) is 17.8 Å². The van der Waals surface area contributed by atoms with Gasteiger partial charge in [-0.2, -0.15) is 0 Å². The monoisotopic (exact) mass is 291 g/mol. The predicted octanol–water partition coefficient (Wildman–Crippen LogP) is 3.73. The highest BCUT2D eigenvalue weighted by Crippen LogP contribution is 2.16. The summed E-state index contributed by atoms with van der Waals surface area (Å²) in [6.45, 7) is 0.404. The van der Waals surface area contributed by atoms with Crippen LogP contribution in [0.5, 0.6) is 0 Å². The van der Waals surface area contributed by atoms with Gasteiger partial charge in [0, 0.05) is 18.0 Å². The quantitative estimate of drug-likeness (QED) is 0.893. The number of aryl methyl sites for hydroxylation is 1. The number of amides is 1. The molecule has 0 atom stereocenters. The fourth-order valence-electron chi connectivity index (χ4n) is 1.84. The van der Waals surface area contributed by atoms with E-state index >= 15 is 0 Å². The molecule has 0 aromatic heterocycles. The number of hydrogen-bond donors (Lipinski definition) is 1. The summed E-state index contributed by atoms with van der Waals surface area (Å²) in [6.07, 6.45) is 0.986. The summed E-state index contributed by atoms with van der Waals surface area (Å²) in [7, 11) is 0. The molecule has 2 aromatic rings. The normalized spacial score (nSPS) is 10.3. The van der Waals surface area contributed by atoms with Crippen LogP contribution in [0.15, 0.2) is 48.5 Å². The second-order valence-corrected chi connectivity index (χ2v) is 4.90. The van der Waals surface area contributed by atoms with Gasteiger partial charge in [-0.3, -0.25) is 4.79 Å². The van der Waals surface area contributed by atoms with Crippen molar-refractivity contribution >= 4 is 17.5 Å². The number of nitrogens with one attached hydrogen (secondary N) is 1. The van der Waals surface area contributed by atoms with Crippen LogP contribution in [0.1, 0.15) is 17.5 Å². The van der Waals surface area contributed by atoms with Crippen molar-refractivity contribution in [3.63, 3.8) is 0 Å². The Morgan fingerprint density at radius 2 is 1.80 bits per heavy atom. The van der Waals surface area contributed by atoms with E-state index < -0.39 is 0 Å². The molecule has 0 aliphatic rings. The number of halogens is 2. The predicted molar refractivity (Wildman–Crippen MR) is 78.0 cm³/mol. The van der Waals surface area contributed by atoms with Gasteiger partial charge in [-0.05, 0) is 35.7 Å². The van der Waals surface area contributed by atoms with Crippen molar-refractivity contribution < 1.29 is 9.18 Å². The molecule has 0 aliphatic heterocycles. The molecular formula is C16H15ClFNO. The third-order valence-electron chi connectivity index (χ3n) is 2.98. The van der Waals surface area contributed by atoms with Gasteiger partial charge in [-0.15, -0.1) is 0 Å². The van der Waals surface area contributed by atoms with E-state index in [0.29, 0.717) is 24.4 Å². The van der Waals surface area contributed by atoms with Crippen LogP contribution in [0, 0.1) is 5.82 Å². The first kappa shape index (κ1) is 14.5. The van der Waals surface area contributed by atoms with Gasteiger partial charge in [0.05, 0.1) is 0 Å². The molecule has 0 unspecified atom stereocenters. The van der Waals surface area contributed by atoms with Gasteiger partial charge in [-0.25, -0.2) is 4.39 Å². The van der Waals surface area contributed by atoms with Crippen LogP contribution >= 0.6 is 11.6 Å². The molecule has 0 spiro atoms. The van der Waals surface area contributed by atoms with Crippen molar-refractivity contribution in [2.45, 2.75) is 19.4 Å². The molecule has 0 saturated carbocycles. The lowest BCUT2D eigenvalue weighted by Crippen LogP contribution is -2.23. The SMILES string of the molecule is O=C(CCc1ccccc1Cl)NCc1ccc(F)cc1. The highest BCUT2D eigenvalue weighted by molar-refractivity contribution is 6.31. The third-order valence-corrected chi connectivity index (χ3v) is 3.35. The second kappa shape index (κ2) is 7.06. The molecule has 1 N–H and O–H groups in total. The minimum absolute atomic E-state index is 0.0470. The molecule has 0 fully saturated rings. The van der Waals surface area contributed by atoms with Crippen LogP contribution in [0.25, 0.3) is 0 Å². The molecule has 0 saturated heterocycles. The Bertz CT molecular complexity index is 583. The lowest BCUT2D eigenvalue weighted by Gasteiger charge is -2.06. The van der Waals surface area contributed by atoms with Gasteiger partial charge in [0.15, 0.2) is 0 Å². The average molecular weight is 292 g/mol. The van der Waals surface area contributed by atoms with Gasteiger partial charge < -0.3 is 5.32 Å². The number of hydrogen-bond acceptors (Lipinski definition) is 1. The zero-order chi connectivity index (χ0) is 14.4. The summed E-state index contributed by atoms with van der Waals surface area (Å²) in [5, 5.41) is 3.48. The van der Waals surface area contributed by atoms with Gasteiger partial charge in [0.1, 0.15) is 5.82 Å². The molecule has 0 heterocycles. The maximum absolute atomic E-state index is 12.7. The van der Waals surface area contributed by atoms with Crippen molar-refractivity contribution in [2.75, 3.05) is 0 Å². The largest absolute Gasteiger partial charge is 0.352 e. The highest BCUT2D eigenvalue weighted by atomic mass is 35.5. The Morgan fingerprint density at radius 3 is 2.50 bits per heavy atom. The lowest BCUT2D eigenvalue weighted by atomic mass is 10.1. The standard InChI is InChI=1S/C16H15ClFNO/c17-15-4-2-1-3-13(15)7-10-16(20)19-11-12-5-8-14(18)9-6-12/h1-6,8-9H,7,10-11H2,(H,19,20). The van der Waals surface area contributed by atoms with E-state index in [2.05, 4.69) is 5.32 Å². The molecule has 2 aromatic carbocycles. The molecule has 0 bridgehead atoms. The Labute approximate surface area is 122 Å². The van der Waals surface area contributed by atoms with E-state index in [1.807, 2.05) is 24.3 Å². The van der Waals surface area contributed by atoms with E-state index in [-0.39, 0.29) is 11.7 Å². The summed E-state index contributed by atoms with van der Waals surface area (Å²) in [6, 6.07) is 13.6.